The number of likely N-dealkylation sites (tertiary alicyclic amines) is 1. The summed E-state index contributed by atoms with van der Waals surface area (Å²) in [4.78, 5) is 36.5. The van der Waals surface area contributed by atoms with Gasteiger partial charge in [0, 0.05) is 37.3 Å². The molecule has 1 saturated heterocycles. The van der Waals surface area contributed by atoms with Crippen molar-refractivity contribution < 1.29 is 9.59 Å². The fraction of sp³-hybridized carbons (Fsp3) is 0.423. The van der Waals surface area contributed by atoms with E-state index in [1.807, 2.05) is 29.2 Å². The average molecular weight is 510 g/mol. The molecule has 5 N–H and O–H groups in total. The van der Waals surface area contributed by atoms with E-state index in [0.29, 0.717) is 43.0 Å². The second kappa shape index (κ2) is 9.99. The summed E-state index contributed by atoms with van der Waals surface area (Å²) in [5.74, 6) is 0.236. The molecule has 0 atom stereocenters. The number of hydrogen-bond donors (Lipinski definition) is 3. The van der Waals surface area contributed by atoms with Crippen molar-refractivity contribution in [1.82, 2.24) is 25.1 Å². The van der Waals surface area contributed by atoms with Crippen LogP contribution in [0.1, 0.15) is 59.4 Å². The van der Waals surface area contributed by atoms with Gasteiger partial charge in [0.1, 0.15) is 11.4 Å². The van der Waals surface area contributed by atoms with Gasteiger partial charge in [-0.2, -0.15) is 5.10 Å². The van der Waals surface area contributed by atoms with Crippen LogP contribution in [0.3, 0.4) is 0 Å². The van der Waals surface area contributed by atoms with Crippen LogP contribution in [-0.2, 0) is 29.5 Å². The second-order valence-corrected chi connectivity index (χ2v) is 10.3. The number of hydrogen-bond acceptors (Lipinski definition) is 7. The van der Waals surface area contributed by atoms with Crippen LogP contribution in [0, 0.1) is 0 Å². The number of nitrogens with zero attached hydrogens (tertiary/aromatic N) is 4. The molecule has 1 aliphatic heterocycles. The predicted molar refractivity (Wildman–Crippen MR) is 140 cm³/mol. The van der Waals surface area contributed by atoms with Crippen LogP contribution in [0.2, 0.25) is 0 Å². The van der Waals surface area contributed by atoms with E-state index >= 15 is 0 Å². The maximum absolute atomic E-state index is 13.4. The number of fused-ring (bicyclic) bond motifs is 3. The molecule has 2 aromatic heterocycles. The first-order chi connectivity index (χ1) is 16.7. The first-order valence-electron chi connectivity index (χ1n) is 12.1. The predicted octanol–water partition coefficient (Wildman–Crippen LogP) is 2.62. The standard InChI is InChI=1S/C26H31N7O2.ClH/c1-26(2)13-17-14-29-25(28)30-22(17)24-21(26)23(31-32-24)19(34)11-15-4-3-5-16(10-15)12-20(35)33-8-6-18(27)7-9-33;/h3-5,10,14,18H,6-9,11-13,27H2,1-2H3,(H,31,32)(H2,28,29,30);1H. The molecule has 1 aliphatic carbocycles. The summed E-state index contributed by atoms with van der Waals surface area (Å²) in [6.45, 7) is 5.60. The Balaban J connectivity index is 0.00000304. The monoisotopic (exact) mass is 509 g/mol. The van der Waals surface area contributed by atoms with Gasteiger partial charge < -0.3 is 16.4 Å². The number of aromatic amines is 1. The highest BCUT2D eigenvalue weighted by molar-refractivity contribution is 5.99. The van der Waals surface area contributed by atoms with Crippen molar-refractivity contribution in [2.24, 2.45) is 5.73 Å². The minimum Gasteiger partial charge on any atom is -0.368 e. The van der Waals surface area contributed by atoms with E-state index in [4.69, 9.17) is 11.5 Å². The quantitative estimate of drug-likeness (QED) is 0.448. The van der Waals surface area contributed by atoms with Gasteiger partial charge in [-0.1, -0.05) is 38.1 Å². The SMILES string of the molecule is CC1(C)Cc2cnc(N)nc2-c2n[nH]c(C(=O)Cc3cccc(CC(=O)N4CCC(N)CC4)c3)c21.Cl. The van der Waals surface area contributed by atoms with Crippen LogP contribution in [-0.4, -0.2) is 55.9 Å². The van der Waals surface area contributed by atoms with E-state index in [2.05, 4.69) is 34.0 Å². The summed E-state index contributed by atoms with van der Waals surface area (Å²) in [5, 5.41) is 7.43. The number of nitrogens with one attached hydrogen (secondary N) is 1. The van der Waals surface area contributed by atoms with Crippen molar-refractivity contribution >= 4 is 30.0 Å². The number of ketones is 1. The summed E-state index contributed by atoms with van der Waals surface area (Å²) in [5.41, 5.74) is 16.9. The summed E-state index contributed by atoms with van der Waals surface area (Å²) < 4.78 is 0. The van der Waals surface area contributed by atoms with Crippen LogP contribution in [0.5, 0.6) is 0 Å². The van der Waals surface area contributed by atoms with Crippen molar-refractivity contribution in [3.63, 3.8) is 0 Å². The Morgan fingerprint density at radius 2 is 1.83 bits per heavy atom. The first kappa shape index (κ1) is 25.8. The van der Waals surface area contributed by atoms with Crippen LogP contribution in [0.25, 0.3) is 11.4 Å². The molecular formula is C26H32ClN7O2. The lowest BCUT2D eigenvalue weighted by Gasteiger charge is -2.31. The minimum atomic E-state index is -0.314. The number of rotatable bonds is 5. The lowest BCUT2D eigenvalue weighted by atomic mass is 9.72. The van der Waals surface area contributed by atoms with Gasteiger partial charge in [0.15, 0.2) is 5.78 Å². The summed E-state index contributed by atoms with van der Waals surface area (Å²) in [7, 11) is 0. The number of nitrogen functional groups attached to an aromatic ring is 1. The molecule has 1 amide bonds. The van der Waals surface area contributed by atoms with Crippen molar-refractivity contribution in [2.45, 2.75) is 57.4 Å². The lowest BCUT2D eigenvalue weighted by molar-refractivity contribution is -0.131. The molecule has 0 saturated carbocycles. The van der Waals surface area contributed by atoms with E-state index in [1.165, 1.54) is 0 Å². The highest BCUT2D eigenvalue weighted by atomic mass is 35.5. The van der Waals surface area contributed by atoms with Crippen molar-refractivity contribution in [1.29, 1.82) is 0 Å². The summed E-state index contributed by atoms with van der Waals surface area (Å²) >= 11 is 0. The average Bonchev–Trinajstić information content (AvgIpc) is 3.27. The molecule has 1 aromatic carbocycles. The van der Waals surface area contributed by atoms with Crippen molar-refractivity contribution in [3.05, 3.63) is 58.4 Å². The molecule has 9 nitrogen and oxygen atoms in total. The number of nitrogens with two attached hydrogens (primary N) is 2. The van der Waals surface area contributed by atoms with Crippen LogP contribution < -0.4 is 11.5 Å². The number of benzene rings is 1. The van der Waals surface area contributed by atoms with E-state index in [0.717, 1.165) is 35.1 Å². The Labute approximate surface area is 216 Å². The van der Waals surface area contributed by atoms with Gasteiger partial charge in [-0.25, -0.2) is 9.97 Å². The van der Waals surface area contributed by atoms with Gasteiger partial charge in [-0.3, -0.25) is 14.7 Å². The molecule has 3 aromatic rings. The van der Waals surface area contributed by atoms with E-state index in [1.54, 1.807) is 6.20 Å². The first-order valence-corrected chi connectivity index (χ1v) is 12.1. The molecule has 0 radical (unpaired) electrons. The zero-order chi connectivity index (χ0) is 24.7. The molecule has 1 fully saturated rings. The van der Waals surface area contributed by atoms with Crippen LogP contribution >= 0.6 is 12.4 Å². The van der Waals surface area contributed by atoms with Gasteiger partial charge in [0.05, 0.1) is 12.1 Å². The Hall–Kier alpha value is -3.30. The van der Waals surface area contributed by atoms with E-state index < -0.39 is 0 Å². The normalized spacial score (nSPS) is 16.6. The van der Waals surface area contributed by atoms with Gasteiger partial charge in [0.25, 0.3) is 0 Å². The second-order valence-electron chi connectivity index (χ2n) is 10.3. The summed E-state index contributed by atoms with van der Waals surface area (Å²) in [6, 6.07) is 7.89. The number of amides is 1. The third kappa shape index (κ3) is 4.99. The molecule has 36 heavy (non-hydrogen) atoms. The largest absolute Gasteiger partial charge is 0.368 e. The molecular weight excluding hydrogens is 478 g/mol. The van der Waals surface area contributed by atoms with Gasteiger partial charge in [0.2, 0.25) is 11.9 Å². The lowest BCUT2D eigenvalue weighted by Crippen LogP contribution is -2.43. The zero-order valence-corrected chi connectivity index (χ0v) is 21.4. The van der Waals surface area contributed by atoms with E-state index in [9.17, 15) is 9.59 Å². The topological polar surface area (TPSA) is 144 Å². The Bertz CT molecular complexity index is 1300. The zero-order valence-electron chi connectivity index (χ0n) is 20.6. The van der Waals surface area contributed by atoms with Crippen LogP contribution in [0.4, 0.5) is 5.95 Å². The maximum atomic E-state index is 13.4. The number of piperidine rings is 1. The number of anilines is 1. The molecule has 10 heteroatoms. The fourth-order valence-corrected chi connectivity index (χ4v) is 5.25. The number of aromatic nitrogens is 4. The van der Waals surface area contributed by atoms with Gasteiger partial charge in [-0.05, 0) is 41.4 Å². The highest BCUT2D eigenvalue weighted by Gasteiger charge is 2.38. The third-order valence-corrected chi connectivity index (χ3v) is 7.07. The molecule has 5 rings (SSSR count). The van der Waals surface area contributed by atoms with Crippen molar-refractivity contribution in [2.75, 3.05) is 18.8 Å². The molecule has 190 valence electrons. The maximum Gasteiger partial charge on any atom is 0.226 e. The summed E-state index contributed by atoms with van der Waals surface area (Å²) in [6.07, 6.45) is 4.65. The number of Topliss-reactive ketones (excluding diaryl/α,β-unsaturated/α-hetero) is 1. The van der Waals surface area contributed by atoms with Crippen LogP contribution in [0.15, 0.2) is 30.5 Å². The van der Waals surface area contributed by atoms with E-state index in [-0.39, 0.29) is 47.9 Å². The number of halogens is 1. The number of carbonyl (C=O) groups is 2. The molecule has 0 unspecified atom stereocenters. The van der Waals surface area contributed by atoms with Gasteiger partial charge in [-0.15, -0.1) is 12.4 Å². The minimum absolute atomic E-state index is 0. The van der Waals surface area contributed by atoms with Crippen molar-refractivity contribution in [3.8, 4) is 11.4 Å². The Morgan fingerprint density at radius 3 is 2.56 bits per heavy atom. The molecule has 3 heterocycles. The fourth-order valence-electron chi connectivity index (χ4n) is 5.25. The number of H-pyrrole nitrogens is 1. The van der Waals surface area contributed by atoms with Gasteiger partial charge >= 0.3 is 0 Å². The highest BCUT2D eigenvalue weighted by Crippen LogP contribution is 2.42. The molecule has 2 aliphatic rings. The Morgan fingerprint density at radius 1 is 1.14 bits per heavy atom. The smallest absolute Gasteiger partial charge is 0.226 e. The Kier molecular flexibility index (Phi) is 7.15. The third-order valence-electron chi connectivity index (χ3n) is 7.07. The number of carbonyl (C=O) groups excluding carboxylic acids is 2. The molecule has 0 spiro atoms. The molecule has 0 bridgehead atoms.